The molecule has 0 amide bonds. The molecule has 0 saturated carbocycles. The monoisotopic (exact) mass is 256 g/mol. The first kappa shape index (κ1) is 14.5. The van der Waals surface area contributed by atoms with Gasteiger partial charge in [0, 0.05) is 25.8 Å². The molecule has 0 aliphatic heterocycles. The van der Waals surface area contributed by atoms with Crippen molar-refractivity contribution in [2.24, 2.45) is 0 Å². The average molecular weight is 256 g/mol. The molecular weight excluding hydrogens is 239 g/mol. The third-order valence-electron chi connectivity index (χ3n) is 2.38. The van der Waals surface area contributed by atoms with Crippen molar-refractivity contribution in [3.05, 3.63) is 39.7 Å². The van der Waals surface area contributed by atoms with Crippen LogP contribution < -0.4 is 5.32 Å². The van der Waals surface area contributed by atoms with E-state index < -0.39 is 16.4 Å². The van der Waals surface area contributed by atoms with Crippen LogP contribution in [0.4, 0.5) is 10.1 Å². The maximum absolute atomic E-state index is 13.3. The highest BCUT2D eigenvalue weighted by Gasteiger charge is 2.13. The van der Waals surface area contributed by atoms with Gasteiger partial charge in [0.2, 0.25) is 5.82 Å². The van der Waals surface area contributed by atoms with Crippen LogP contribution in [0.3, 0.4) is 0 Å². The molecular formula is C12H17FN2O3. The van der Waals surface area contributed by atoms with Crippen molar-refractivity contribution in [2.75, 3.05) is 19.8 Å². The number of benzene rings is 1. The van der Waals surface area contributed by atoms with Gasteiger partial charge in [0.05, 0.1) is 4.92 Å². The average Bonchev–Trinajstić information content (AvgIpc) is 2.33. The molecule has 1 rings (SSSR count). The van der Waals surface area contributed by atoms with E-state index in [2.05, 4.69) is 5.32 Å². The molecule has 1 N–H and O–H groups in total. The van der Waals surface area contributed by atoms with E-state index in [1.165, 1.54) is 12.1 Å². The molecule has 0 radical (unpaired) electrons. The fourth-order valence-corrected chi connectivity index (χ4v) is 1.48. The minimum Gasteiger partial charge on any atom is -0.382 e. The van der Waals surface area contributed by atoms with Crippen LogP contribution in [0.1, 0.15) is 18.9 Å². The van der Waals surface area contributed by atoms with Crippen LogP contribution in [0.25, 0.3) is 0 Å². The molecule has 1 aromatic carbocycles. The highest BCUT2D eigenvalue weighted by Crippen LogP contribution is 2.17. The Bertz CT molecular complexity index is 399. The van der Waals surface area contributed by atoms with Crippen molar-refractivity contribution < 1.29 is 14.1 Å². The van der Waals surface area contributed by atoms with Gasteiger partial charge in [-0.2, -0.15) is 4.39 Å². The first-order valence-corrected chi connectivity index (χ1v) is 5.86. The Kier molecular flexibility index (Phi) is 6.24. The summed E-state index contributed by atoms with van der Waals surface area (Å²) < 4.78 is 18.5. The summed E-state index contributed by atoms with van der Waals surface area (Å²) in [5, 5.41) is 13.5. The van der Waals surface area contributed by atoms with E-state index in [1.54, 1.807) is 6.07 Å². The normalized spacial score (nSPS) is 10.6. The molecule has 0 atom stereocenters. The molecule has 0 saturated heterocycles. The summed E-state index contributed by atoms with van der Waals surface area (Å²) in [6.45, 7) is 4.58. The standard InChI is InChI=1S/C12H17FN2O3/c1-2-18-7-3-6-14-9-10-4-5-12(15(16)17)11(13)8-10/h4-5,8,14H,2-3,6-7,9H2,1H3. The Labute approximate surface area is 105 Å². The van der Waals surface area contributed by atoms with Crippen LogP contribution in [0.2, 0.25) is 0 Å². The zero-order chi connectivity index (χ0) is 13.4. The number of nitrogens with zero attached hydrogens (tertiary/aromatic N) is 1. The van der Waals surface area contributed by atoms with Crippen molar-refractivity contribution >= 4 is 5.69 Å². The fourth-order valence-electron chi connectivity index (χ4n) is 1.48. The van der Waals surface area contributed by atoms with Crippen molar-refractivity contribution in [3.8, 4) is 0 Å². The van der Waals surface area contributed by atoms with Gasteiger partial charge in [-0.25, -0.2) is 0 Å². The molecule has 100 valence electrons. The molecule has 0 aromatic heterocycles. The van der Waals surface area contributed by atoms with Crippen LogP contribution in [-0.4, -0.2) is 24.7 Å². The number of rotatable bonds is 8. The topological polar surface area (TPSA) is 64.4 Å². The van der Waals surface area contributed by atoms with Crippen LogP contribution >= 0.6 is 0 Å². The minimum atomic E-state index is -0.798. The number of nitro groups is 1. The van der Waals surface area contributed by atoms with Crippen LogP contribution in [0.15, 0.2) is 18.2 Å². The van der Waals surface area contributed by atoms with E-state index in [4.69, 9.17) is 4.74 Å². The molecule has 0 heterocycles. The number of nitrogens with one attached hydrogen (secondary N) is 1. The Morgan fingerprint density at radius 2 is 2.28 bits per heavy atom. The predicted octanol–water partition coefficient (Wildman–Crippen LogP) is 2.25. The van der Waals surface area contributed by atoms with Gasteiger partial charge in [-0.3, -0.25) is 10.1 Å². The smallest absolute Gasteiger partial charge is 0.304 e. The Balaban J connectivity index is 2.35. The Morgan fingerprint density at radius 1 is 1.50 bits per heavy atom. The minimum absolute atomic E-state index is 0.487. The summed E-state index contributed by atoms with van der Waals surface area (Å²) >= 11 is 0. The molecule has 5 nitrogen and oxygen atoms in total. The molecule has 6 heteroatoms. The number of ether oxygens (including phenoxy) is 1. The molecule has 18 heavy (non-hydrogen) atoms. The van der Waals surface area contributed by atoms with Crippen LogP contribution in [0.5, 0.6) is 0 Å². The summed E-state index contributed by atoms with van der Waals surface area (Å²) in [4.78, 5) is 9.70. The van der Waals surface area contributed by atoms with Gasteiger partial charge >= 0.3 is 5.69 Å². The molecule has 0 spiro atoms. The largest absolute Gasteiger partial charge is 0.382 e. The first-order valence-electron chi connectivity index (χ1n) is 5.86. The Hall–Kier alpha value is -1.53. The summed E-state index contributed by atoms with van der Waals surface area (Å²) in [6.07, 6.45) is 0.878. The molecule has 0 aliphatic rings. The van der Waals surface area contributed by atoms with Gasteiger partial charge in [-0.05, 0) is 31.5 Å². The lowest BCUT2D eigenvalue weighted by molar-refractivity contribution is -0.387. The highest BCUT2D eigenvalue weighted by atomic mass is 19.1. The van der Waals surface area contributed by atoms with Gasteiger partial charge in [0.25, 0.3) is 0 Å². The van der Waals surface area contributed by atoms with Gasteiger partial charge in [0.1, 0.15) is 0 Å². The molecule has 0 bridgehead atoms. The second-order valence-electron chi connectivity index (χ2n) is 3.77. The third-order valence-corrected chi connectivity index (χ3v) is 2.38. The molecule has 0 aliphatic carbocycles. The quantitative estimate of drug-likeness (QED) is 0.440. The SMILES string of the molecule is CCOCCCNCc1ccc([N+](=O)[O-])c(F)c1. The lowest BCUT2D eigenvalue weighted by Gasteiger charge is -2.05. The van der Waals surface area contributed by atoms with Gasteiger partial charge in [0.15, 0.2) is 0 Å². The van der Waals surface area contributed by atoms with Gasteiger partial charge in [-0.15, -0.1) is 0 Å². The lowest BCUT2D eigenvalue weighted by Crippen LogP contribution is -2.16. The zero-order valence-corrected chi connectivity index (χ0v) is 10.3. The van der Waals surface area contributed by atoms with E-state index in [0.29, 0.717) is 25.3 Å². The van der Waals surface area contributed by atoms with Gasteiger partial charge in [-0.1, -0.05) is 6.07 Å². The highest BCUT2D eigenvalue weighted by molar-refractivity contribution is 5.34. The maximum atomic E-state index is 13.3. The summed E-state index contributed by atoms with van der Waals surface area (Å²) in [6, 6.07) is 3.93. The first-order chi connectivity index (χ1) is 8.65. The zero-order valence-electron chi connectivity index (χ0n) is 10.3. The molecule has 0 fully saturated rings. The lowest BCUT2D eigenvalue weighted by atomic mass is 10.2. The summed E-state index contributed by atoms with van der Waals surface area (Å²) in [5.74, 6) is -0.798. The summed E-state index contributed by atoms with van der Waals surface area (Å²) in [5.41, 5.74) is 0.199. The number of hydrogen-bond acceptors (Lipinski definition) is 4. The van der Waals surface area contributed by atoms with E-state index >= 15 is 0 Å². The predicted molar refractivity (Wildman–Crippen MR) is 65.9 cm³/mol. The van der Waals surface area contributed by atoms with E-state index in [1.807, 2.05) is 6.92 Å². The van der Waals surface area contributed by atoms with E-state index in [-0.39, 0.29) is 0 Å². The van der Waals surface area contributed by atoms with Crippen molar-refractivity contribution in [2.45, 2.75) is 19.9 Å². The van der Waals surface area contributed by atoms with Crippen molar-refractivity contribution in [1.29, 1.82) is 0 Å². The Morgan fingerprint density at radius 3 is 2.89 bits per heavy atom. The molecule has 1 aromatic rings. The second-order valence-corrected chi connectivity index (χ2v) is 3.77. The maximum Gasteiger partial charge on any atom is 0.304 e. The van der Waals surface area contributed by atoms with Crippen molar-refractivity contribution in [3.63, 3.8) is 0 Å². The third kappa shape index (κ3) is 4.77. The number of hydrogen-bond donors (Lipinski definition) is 1. The number of halogens is 1. The van der Waals surface area contributed by atoms with E-state index in [9.17, 15) is 14.5 Å². The van der Waals surface area contributed by atoms with E-state index in [0.717, 1.165) is 13.0 Å². The summed E-state index contributed by atoms with van der Waals surface area (Å²) in [7, 11) is 0. The molecule has 0 unspecified atom stereocenters. The van der Waals surface area contributed by atoms with Gasteiger partial charge < -0.3 is 10.1 Å². The second kappa shape index (κ2) is 7.73. The fraction of sp³-hybridized carbons (Fsp3) is 0.500. The van der Waals surface area contributed by atoms with Crippen LogP contribution in [0, 0.1) is 15.9 Å². The van der Waals surface area contributed by atoms with Crippen molar-refractivity contribution in [1.82, 2.24) is 5.32 Å². The number of nitro benzene ring substituents is 1. The van der Waals surface area contributed by atoms with Crippen LogP contribution in [-0.2, 0) is 11.3 Å².